The molecule has 1 heterocycles. The summed E-state index contributed by atoms with van der Waals surface area (Å²) < 4.78 is 5.76. The van der Waals surface area contributed by atoms with Gasteiger partial charge in [-0.1, -0.05) is 18.2 Å². The van der Waals surface area contributed by atoms with E-state index in [1.165, 1.54) is 0 Å². The SMILES string of the molecule is C[C@@H]1CC(C)(C)N=C(c2ccccc2)O1. The number of benzene rings is 1. The van der Waals surface area contributed by atoms with Crippen LogP contribution in [0.3, 0.4) is 0 Å². The summed E-state index contributed by atoms with van der Waals surface area (Å²) in [6.45, 7) is 6.39. The molecule has 1 atom stereocenters. The summed E-state index contributed by atoms with van der Waals surface area (Å²) in [4.78, 5) is 4.63. The van der Waals surface area contributed by atoms with Gasteiger partial charge in [-0.2, -0.15) is 0 Å². The molecule has 2 heteroatoms. The van der Waals surface area contributed by atoms with Gasteiger partial charge in [-0.25, -0.2) is 4.99 Å². The minimum atomic E-state index is -0.0111. The fourth-order valence-electron chi connectivity index (χ4n) is 2.00. The summed E-state index contributed by atoms with van der Waals surface area (Å²) in [6, 6.07) is 10.1. The second kappa shape index (κ2) is 3.69. The fraction of sp³-hybridized carbons (Fsp3) is 0.462. The molecule has 1 aliphatic heterocycles. The molecule has 0 amide bonds. The lowest BCUT2D eigenvalue weighted by molar-refractivity contribution is 0.146. The van der Waals surface area contributed by atoms with E-state index in [1.807, 2.05) is 30.3 Å². The minimum Gasteiger partial charge on any atom is -0.474 e. The molecule has 0 radical (unpaired) electrons. The zero-order valence-corrected chi connectivity index (χ0v) is 9.53. The van der Waals surface area contributed by atoms with Crippen molar-refractivity contribution in [3.05, 3.63) is 35.9 Å². The molecule has 0 aliphatic carbocycles. The predicted octanol–water partition coefficient (Wildman–Crippen LogP) is 3.02. The molecule has 0 N–H and O–H groups in total. The molecule has 0 saturated heterocycles. The van der Waals surface area contributed by atoms with Crippen LogP contribution in [0.2, 0.25) is 0 Å². The van der Waals surface area contributed by atoms with E-state index in [0.717, 1.165) is 17.9 Å². The van der Waals surface area contributed by atoms with E-state index in [-0.39, 0.29) is 11.6 Å². The number of hydrogen-bond acceptors (Lipinski definition) is 2. The van der Waals surface area contributed by atoms with Crippen LogP contribution >= 0.6 is 0 Å². The van der Waals surface area contributed by atoms with Crippen molar-refractivity contribution in [1.82, 2.24) is 0 Å². The first kappa shape index (κ1) is 10.2. The predicted molar refractivity (Wildman–Crippen MR) is 62.2 cm³/mol. The molecule has 0 aromatic heterocycles. The number of nitrogens with zero attached hydrogens (tertiary/aromatic N) is 1. The molecule has 0 fully saturated rings. The maximum Gasteiger partial charge on any atom is 0.216 e. The summed E-state index contributed by atoms with van der Waals surface area (Å²) in [5.74, 6) is 0.777. The van der Waals surface area contributed by atoms with Crippen LogP contribution in [-0.2, 0) is 4.74 Å². The lowest BCUT2D eigenvalue weighted by Crippen LogP contribution is -2.34. The molecular formula is C13H17NO. The highest BCUT2D eigenvalue weighted by molar-refractivity contribution is 5.94. The van der Waals surface area contributed by atoms with Gasteiger partial charge in [-0.3, -0.25) is 0 Å². The smallest absolute Gasteiger partial charge is 0.216 e. The first-order chi connectivity index (χ1) is 7.07. The van der Waals surface area contributed by atoms with E-state index in [9.17, 15) is 0 Å². The molecule has 0 unspecified atom stereocenters. The van der Waals surface area contributed by atoms with E-state index >= 15 is 0 Å². The van der Waals surface area contributed by atoms with Crippen molar-refractivity contribution in [3.63, 3.8) is 0 Å². The Balaban J connectivity index is 2.34. The zero-order chi connectivity index (χ0) is 10.9. The molecular weight excluding hydrogens is 186 g/mol. The normalized spacial score (nSPS) is 24.2. The average Bonchev–Trinajstić information content (AvgIpc) is 2.16. The third kappa shape index (κ3) is 2.38. The molecule has 0 bridgehead atoms. The Morgan fingerprint density at radius 1 is 1.27 bits per heavy atom. The molecule has 0 spiro atoms. The number of rotatable bonds is 1. The molecule has 2 rings (SSSR count). The average molecular weight is 203 g/mol. The highest BCUT2D eigenvalue weighted by Crippen LogP contribution is 2.25. The summed E-state index contributed by atoms with van der Waals surface area (Å²) in [5.41, 5.74) is 1.06. The van der Waals surface area contributed by atoms with Crippen LogP contribution in [-0.4, -0.2) is 17.5 Å². The van der Waals surface area contributed by atoms with Gasteiger partial charge in [0.05, 0.1) is 11.6 Å². The second-order valence-electron chi connectivity index (χ2n) is 4.73. The van der Waals surface area contributed by atoms with Crippen LogP contribution in [0.4, 0.5) is 0 Å². The van der Waals surface area contributed by atoms with E-state index in [0.29, 0.717) is 0 Å². The van der Waals surface area contributed by atoms with E-state index in [2.05, 4.69) is 25.8 Å². The van der Waals surface area contributed by atoms with Gasteiger partial charge in [0.25, 0.3) is 0 Å². The number of ether oxygens (including phenoxy) is 1. The second-order valence-corrected chi connectivity index (χ2v) is 4.73. The van der Waals surface area contributed by atoms with Crippen molar-refractivity contribution in [3.8, 4) is 0 Å². The largest absolute Gasteiger partial charge is 0.474 e. The minimum absolute atomic E-state index is 0.0111. The van der Waals surface area contributed by atoms with Gasteiger partial charge >= 0.3 is 0 Å². The van der Waals surface area contributed by atoms with Gasteiger partial charge in [0.15, 0.2) is 0 Å². The zero-order valence-electron chi connectivity index (χ0n) is 9.53. The van der Waals surface area contributed by atoms with Crippen molar-refractivity contribution in [1.29, 1.82) is 0 Å². The lowest BCUT2D eigenvalue weighted by Gasteiger charge is -2.31. The van der Waals surface area contributed by atoms with Crippen molar-refractivity contribution in [2.24, 2.45) is 4.99 Å². The van der Waals surface area contributed by atoms with Crippen molar-refractivity contribution >= 4 is 5.90 Å². The van der Waals surface area contributed by atoms with Gasteiger partial charge in [0, 0.05) is 12.0 Å². The molecule has 1 aliphatic rings. The molecule has 0 saturated carbocycles. The standard InChI is InChI=1S/C13H17NO/c1-10-9-13(2,3)14-12(15-10)11-7-5-4-6-8-11/h4-8,10H,9H2,1-3H3/t10-/m1/s1. The molecule has 1 aromatic rings. The van der Waals surface area contributed by atoms with Crippen molar-refractivity contribution < 1.29 is 4.74 Å². The number of aliphatic imine (C=N–C) groups is 1. The third-order valence-electron chi connectivity index (χ3n) is 2.52. The summed E-state index contributed by atoms with van der Waals surface area (Å²) in [7, 11) is 0. The van der Waals surface area contributed by atoms with Crippen LogP contribution in [0.15, 0.2) is 35.3 Å². The van der Waals surface area contributed by atoms with Gasteiger partial charge in [0.1, 0.15) is 0 Å². The maximum atomic E-state index is 5.76. The Morgan fingerprint density at radius 3 is 2.53 bits per heavy atom. The van der Waals surface area contributed by atoms with Crippen LogP contribution < -0.4 is 0 Å². The van der Waals surface area contributed by atoms with Crippen LogP contribution in [0.5, 0.6) is 0 Å². The summed E-state index contributed by atoms with van der Waals surface area (Å²) in [6.07, 6.45) is 1.22. The highest BCUT2D eigenvalue weighted by atomic mass is 16.5. The number of hydrogen-bond donors (Lipinski definition) is 0. The Kier molecular flexibility index (Phi) is 2.51. The Hall–Kier alpha value is -1.31. The lowest BCUT2D eigenvalue weighted by atomic mass is 9.96. The van der Waals surface area contributed by atoms with E-state index in [4.69, 9.17) is 4.74 Å². The molecule has 1 aromatic carbocycles. The summed E-state index contributed by atoms with van der Waals surface area (Å²) >= 11 is 0. The maximum absolute atomic E-state index is 5.76. The Bertz CT molecular complexity index is 367. The van der Waals surface area contributed by atoms with Gasteiger partial charge in [-0.05, 0) is 32.9 Å². The van der Waals surface area contributed by atoms with Crippen LogP contribution in [0.25, 0.3) is 0 Å². The first-order valence-corrected chi connectivity index (χ1v) is 5.39. The topological polar surface area (TPSA) is 21.6 Å². The van der Waals surface area contributed by atoms with E-state index in [1.54, 1.807) is 0 Å². The highest BCUT2D eigenvalue weighted by Gasteiger charge is 2.28. The van der Waals surface area contributed by atoms with Crippen molar-refractivity contribution in [2.75, 3.05) is 0 Å². The van der Waals surface area contributed by atoms with E-state index < -0.39 is 0 Å². The Morgan fingerprint density at radius 2 is 1.93 bits per heavy atom. The molecule has 15 heavy (non-hydrogen) atoms. The van der Waals surface area contributed by atoms with Gasteiger partial charge in [-0.15, -0.1) is 0 Å². The third-order valence-corrected chi connectivity index (χ3v) is 2.52. The van der Waals surface area contributed by atoms with Gasteiger partial charge < -0.3 is 4.74 Å². The first-order valence-electron chi connectivity index (χ1n) is 5.39. The molecule has 2 nitrogen and oxygen atoms in total. The summed E-state index contributed by atoms with van der Waals surface area (Å²) in [5, 5.41) is 0. The fourth-order valence-corrected chi connectivity index (χ4v) is 2.00. The Labute approximate surface area is 91.0 Å². The monoisotopic (exact) mass is 203 g/mol. The van der Waals surface area contributed by atoms with Crippen molar-refractivity contribution in [2.45, 2.75) is 38.8 Å². The van der Waals surface area contributed by atoms with Gasteiger partial charge in [0.2, 0.25) is 5.90 Å². The van der Waals surface area contributed by atoms with Crippen LogP contribution in [0, 0.1) is 0 Å². The quantitative estimate of drug-likeness (QED) is 0.687. The molecule has 80 valence electrons. The van der Waals surface area contributed by atoms with Crippen LogP contribution in [0.1, 0.15) is 32.8 Å².